The number of carbonyl (C=O) groups excluding carboxylic acids is 2. The third-order valence-corrected chi connectivity index (χ3v) is 6.26. The molecule has 0 radical (unpaired) electrons. The van der Waals surface area contributed by atoms with E-state index in [2.05, 4.69) is 10.1 Å². The molecule has 0 bridgehead atoms. The molecule has 9 nitrogen and oxygen atoms in total. The number of rotatable bonds is 7. The van der Waals surface area contributed by atoms with Crippen molar-refractivity contribution >= 4 is 11.8 Å². The van der Waals surface area contributed by atoms with E-state index in [1.54, 1.807) is 18.9 Å². The first-order valence-corrected chi connectivity index (χ1v) is 10.4. The zero-order valence-electron chi connectivity index (χ0n) is 18.2. The van der Waals surface area contributed by atoms with Crippen LogP contribution in [0.15, 0.2) is 28.8 Å². The highest BCUT2D eigenvalue weighted by Gasteiger charge is 2.58. The maximum atomic E-state index is 12.8. The van der Waals surface area contributed by atoms with Crippen LogP contribution in [0.1, 0.15) is 29.6 Å². The highest BCUT2D eigenvalue weighted by molar-refractivity contribution is 5.79. The van der Waals surface area contributed by atoms with E-state index in [4.69, 9.17) is 14.0 Å². The van der Waals surface area contributed by atoms with Crippen LogP contribution in [0.2, 0.25) is 0 Å². The number of benzene rings is 1. The van der Waals surface area contributed by atoms with Gasteiger partial charge in [0.2, 0.25) is 17.7 Å². The zero-order chi connectivity index (χ0) is 22.0. The summed E-state index contributed by atoms with van der Waals surface area (Å²) in [5.74, 6) is 1.87. The summed E-state index contributed by atoms with van der Waals surface area (Å²) in [6.45, 7) is 4.03. The van der Waals surface area contributed by atoms with Gasteiger partial charge in [0.1, 0.15) is 12.4 Å². The fourth-order valence-electron chi connectivity index (χ4n) is 4.58. The van der Waals surface area contributed by atoms with Crippen LogP contribution in [0.25, 0.3) is 0 Å². The maximum Gasteiger partial charge on any atom is 0.248 e. The molecule has 0 N–H and O–H groups in total. The topological polar surface area (TPSA) is 98.0 Å². The van der Waals surface area contributed by atoms with Gasteiger partial charge in [0.25, 0.3) is 0 Å². The van der Waals surface area contributed by atoms with Crippen LogP contribution in [0.5, 0.6) is 5.75 Å². The second kappa shape index (κ2) is 8.66. The van der Waals surface area contributed by atoms with Crippen molar-refractivity contribution in [2.75, 3.05) is 47.0 Å². The standard InChI is InChI=1S/C22H28N4O5/c1-15-23-21(31-24-15)18-10-25(20(28)11-29-2)12-22(18)13-26(14-22)19(27)9-6-16-4-7-17(30-3)8-5-16/h4-5,7-8,18H,6,9-14H2,1-3H3. The monoisotopic (exact) mass is 428 g/mol. The van der Waals surface area contributed by atoms with Gasteiger partial charge in [0, 0.05) is 45.1 Å². The van der Waals surface area contributed by atoms with Gasteiger partial charge in [0.05, 0.1) is 13.0 Å². The Balaban J connectivity index is 1.39. The van der Waals surface area contributed by atoms with Crippen molar-refractivity contribution in [3.05, 3.63) is 41.5 Å². The number of ether oxygens (including phenoxy) is 2. The summed E-state index contributed by atoms with van der Waals surface area (Å²) in [7, 11) is 3.14. The predicted octanol–water partition coefficient (Wildman–Crippen LogP) is 1.42. The first-order chi connectivity index (χ1) is 14.9. The van der Waals surface area contributed by atoms with Gasteiger partial charge in [-0.15, -0.1) is 0 Å². The summed E-state index contributed by atoms with van der Waals surface area (Å²) in [6, 6.07) is 7.76. The lowest BCUT2D eigenvalue weighted by atomic mass is 9.71. The van der Waals surface area contributed by atoms with E-state index in [9.17, 15) is 9.59 Å². The van der Waals surface area contributed by atoms with Gasteiger partial charge in [-0.2, -0.15) is 4.98 Å². The minimum absolute atomic E-state index is 0.0379. The highest BCUT2D eigenvalue weighted by atomic mass is 16.5. The fourth-order valence-corrected chi connectivity index (χ4v) is 4.58. The van der Waals surface area contributed by atoms with Crippen LogP contribution >= 0.6 is 0 Å². The molecule has 2 aliphatic rings. The Hall–Kier alpha value is -2.94. The lowest BCUT2D eigenvalue weighted by Crippen LogP contribution is -2.61. The predicted molar refractivity (Wildman–Crippen MR) is 111 cm³/mol. The molecule has 31 heavy (non-hydrogen) atoms. The molecule has 1 unspecified atom stereocenters. The molecule has 1 aromatic heterocycles. The lowest BCUT2D eigenvalue weighted by molar-refractivity contribution is -0.144. The molecule has 166 valence electrons. The largest absolute Gasteiger partial charge is 0.497 e. The minimum Gasteiger partial charge on any atom is -0.497 e. The summed E-state index contributed by atoms with van der Waals surface area (Å²) in [5, 5.41) is 3.92. The molecule has 1 spiro atoms. The number of aryl methyl sites for hydroxylation is 2. The van der Waals surface area contributed by atoms with Crippen molar-refractivity contribution in [3.8, 4) is 5.75 Å². The second-order valence-corrected chi connectivity index (χ2v) is 8.40. The number of aromatic nitrogens is 2. The molecule has 3 heterocycles. The quantitative estimate of drug-likeness (QED) is 0.658. The van der Waals surface area contributed by atoms with E-state index in [1.165, 1.54) is 7.11 Å². The lowest BCUT2D eigenvalue weighted by Gasteiger charge is -2.50. The van der Waals surface area contributed by atoms with Gasteiger partial charge in [-0.3, -0.25) is 9.59 Å². The summed E-state index contributed by atoms with van der Waals surface area (Å²) in [5.41, 5.74) is 0.846. The summed E-state index contributed by atoms with van der Waals surface area (Å²) in [6.07, 6.45) is 1.12. The Morgan fingerprint density at radius 1 is 1.13 bits per heavy atom. The molecule has 2 aliphatic heterocycles. The van der Waals surface area contributed by atoms with Gasteiger partial charge in [0.15, 0.2) is 5.82 Å². The Labute approximate surface area is 181 Å². The SMILES string of the molecule is COCC(=O)N1CC(c2nc(C)no2)C2(C1)CN(C(=O)CCc1ccc(OC)cc1)C2. The van der Waals surface area contributed by atoms with E-state index in [-0.39, 0.29) is 29.8 Å². The third kappa shape index (κ3) is 4.27. The number of hydrogen-bond acceptors (Lipinski definition) is 7. The number of methoxy groups -OCH3 is 2. The van der Waals surface area contributed by atoms with E-state index < -0.39 is 0 Å². The highest BCUT2D eigenvalue weighted by Crippen LogP contribution is 2.49. The normalized spacial score (nSPS) is 19.5. The molecule has 2 amide bonds. The first-order valence-electron chi connectivity index (χ1n) is 10.4. The van der Waals surface area contributed by atoms with Crippen LogP contribution in [0.4, 0.5) is 0 Å². The Kier molecular flexibility index (Phi) is 5.95. The van der Waals surface area contributed by atoms with Crippen molar-refractivity contribution in [1.82, 2.24) is 19.9 Å². The molecule has 1 atom stereocenters. The van der Waals surface area contributed by atoms with E-state index in [0.29, 0.717) is 50.7 Å². The second-order valence-electron chi connectivity index (χ2n) is 8.40. The smallest absolute Gasteiger partial charge is 0.248 e. The maximum absolute atomic E-state index is 12.8. The molecule has 1 aromatic carbocycles. The molecule has 2 saturated heterocycles. The van der Waals surface area contributed by atoms with Gasteiger partial charge in [-0.05, 0) is 31.0 Å². The van der Waals surface area contributed by atoms with Gasteiger partial charge < -0.3 is 23.8 Å². The average Bonchev–Trinajstić information content (AvgIpc) is 3.35. The number of hydrogen-bond donors (Lipinski definition) is 0. The molecular formula is C22H28N4O5. The van der Waals surface area contributed by atoms with Gasteiger partial charge >= 0.3 is 0 Å². The number of likely N-dealkylation sites (tertiary alicyclic amines) is 2. The summed E-state index contributed by atoms with van der Waals surface area (Å²) < 4.78 is 15.6. The van der Waals surface area contributed by atoms with Crippen LogP contribution < -0.4 is 4.74 Å². The fraction of sp³-hybridized carbons (Fsp3) is 0.545. The molecule has 9 heteroatoms. The van der Waals surface area contributed by atoms with Crippen LogP contribution in [0.3, 0.4) is 0 Å². The third-order valence-electron chi connectivity index (χ3n) is 6.26. The van der Waals surface area contributed by atoms with Crippen LogP contribution in [-0.2, 0) is 20.7 Å². The zero-order valence-corrected chi connectivity index (χ0v) is 18.2. The van der Waals surface area contributed by atoms with Gasteiger partial charge in [-0.25, -0.2) is 0 Å². The molecule has 0 aliphatic carbocycles. The molecular weight excluding hydrogens is 400 g/mol. The van der Waals surface area contributed by atoms with E-state index >= 15 is 0 Å². The van der Waals surface area contributed by atoms with E-state index in [1.807, 2.05) is 29.2 Å². The average molecular weight is 428 g/mol. The van der Waals surface area contributed by atoms with Crippen molar-refractivity contribution in [3.63, 3.8) is 0 Å². The van der Waals surface area contributed by atoms with Crippen LogP contribution in [0, 0.1) is 12.3 Å². The van der Waals surface area contributed by atoms with Crippen LogP contribution in [-0.4, -0.2) is 78.8 Å². The van der Waals surface area contributed by atoms with Crippen molar-refractivity contribution in [2.24, 2.45) is 5.41 Å². The van der Waals surface area contributed by atoms with E-state index in [0.717, 1.165) is 11.3 Å². The molecule has 2 fully saturated rings. The van der Waals surface area contributed by atoms with Gasteiger partial charge in [-0.1, -0.05) is 17.3 Å². The Morgan fingerprint density at radius 2 is 1.84 bits per heavy atom. The number of carbonyl (C=O) groups is 2. The molecule has 2 aromatic rings. The number of amides is 2. The first kappa shape index (κ1) is 21.3. The molecule has 0 saturated carbocycles. The Bertz CT molecular complexity index is 936. The summed E-state index contributed by atoms with van der Waals surface area (Å²) >= 11 is 0. The van der Waals surface area contributed by atoms with Crippen molar-refractivity contribution in [1.29, 1.82) is 0 Å². The molecule has 4 rings (SSSR count). The van der Waals surface area contributed by atoms with Crippen molar-refractivity contribution < 1.29 is 23.6 Å². The minimum atomic E-state index is -0.252. The Morgan fingerprint density at radius 3 is 2.45 bits per heavy atom. The summed E-state index contributed by atoms with van der Waals surface area (Å²) in [4.78, 5) is 33.3. The number of nitrogens with zero attached hydrogens (tertiary/aromatic N) is 4. The van der Waals surface area contributed by atoms with Crippen molar-refractivity contribution in [2.45, 2.75) is 25.7 Å².